The maximum Gasteiger partial charge on any atom is 0.261 e. The highest BCUT2D eigenvalue weighted by Gasteiger charge is 2.28. The van der Waals surface area contributed by atoms with Gasteiger partial charge in [0.1, 0.15) is 5.75 Å². The van der Waals surface area contributed by atoms with E-state index in [1.807, 2.05) is 53.4 Å². The second-order valence-corrected chi connectivity index (χ2v) is 7.19. The molecule has 5 nitrogen and oxygen atoms in total. The number of nitrogens with one attached hydrogen (secondary N) is 1. The van der Waals surface area contributed by atoms with Gasteiger partial charge < -0.3 is 15.0 Å². The Morgan fingerprint density at radius 2 is 1.85 bits per heavy atom. The Morgan fingerprint density at radius 3 is 2.67 bits per heavy atom. The highest BCUT2D eigenvalue weighted by atomic mass is 16.5. The van der Waals surface area contributed by atoms with Crippen LogP contribution in [0.5, 0.6) is 5.75 Å². The molecule has 0 saturated carbocycles. The fourth-order valence-corrected chi connectivity index (χ4v) is 3.73. The second-order valence-electron chi connectivity index (χ2n) is 7.19. The SMILES string of the molecule is O=C(NCc1cccc(C(=O)N2CCCCC2)c1)C1Cc2ccccc2O1. The molecule has 1 saturated heterocycles. The van der Waals surface area contributed by atoms with Gasteiger partial charge in [-0.1, -0.05) is 30.3 Å². The molecule has 0 aromatic heterocycles. The summed E-state index contributed by atoms with van der Waals surface area (Å²) in [5.41, 5.74) is 2.67. The van der Waals surface area contributed by atoms with Gasteiger partial charge in [-0.25, -0.2) is 0 Å². The van der Waals surface area contributed by atoms with Crippen molar-refractivity contribution in [3.63, 3.8) is 0 Å². The number of benzene rings is 2. The van der Waals surface area contributed by atoms with E-state index in [9.17, 15) is 9.59 Å². The molecule has 5 heteroatoms. The number of likely N-dealkylation sites (tertiary alicyclic amines) is 1. The van der Waals surface area contributed by atoms with Crippen molar-refractivity contribution in [3.05, 3.63) is 65.2 Å². The van der Waals surface area contributed by atoms with E-state index in [4.69, 9.17) is 4.74 Å². The number of para-hydroxylation sites is 1. The lowest BCUT2D eigenvalue weighted by Gasteiger charge is -2.26. The van der Waals surface area contributed by atoms with Gasteiger partial charge in [0.05, 0.1) is 0 Å². The molecule has 1 atom stereocenters. The van der Waals surface area contributed by atoms with Crippen molar-refractivity contribution in [1.29, 1.82) is 0 Å². The van der Waals surface area contributed by atoms with Gasteiger partial charge in [-0.15, -0.1) is 0 Å². The highest BCUT2D eigenvalue weighted by molar-refractivity contribution is 5.94. The molecule has 2 amide bonds. The van der Waals surface area contributed by atoms with Crippen molar-refractivity contribution in [2.45, 2.75) is 38.3 Å². The van der Waals surface area contributed by atoms with Gasteiger partial charge in [0.2, 0.25) is 0 Å². The molecule has 27 heavy (non-hydrogen) atoms. The first kappa shape index (κ1) is 17.6. The van der Waals surface area contributed by atoms with E-state index in [-0.39, 0.29) is 11.8 Å². The van der Waals surface area contributed by atoms with E-state index < -0.39 is 6.10 Å². The normalized spacial score (nSPS) is 18.5. The monoisotopic (exact) mass is 364 g/mol. The van der Waals surface area contributed by atoms with E-state index in [0.717, 1.165) is 42.8 Å². The number of fused-ring (bicyclic) bond motifs is 1. The summed E-state index contributed by atoms with van der Waals surface area (Å²) in [5, 5.41) is 2.93. The number of rotatable bonds is 4. The number of hydrogen-bond donors (Lipinski definition) is 1. The quantitative estimate of drug-likeness (QED) is 0.907. The summed E-state index contributed by atoms with van der Waals surface area (Å²) in [6.45, 7) is 2.05. The summed E-state index contributed by atoms with van der Waals surface area (Å²) < 4.78 is 5.73. The van der Waals surface area contributed by atoms with Crippen LogP contribution in [0.4, 0.5) is 0 Å². The molecule has 0 radical (unpaired) electrons. The summed E-state index contributed by atoms with van der Waals surface area (Å²) in [4.78, 5) is 27.0. The molecule has 1 fully saturated rings. The number of piperidine rings is 1. The van der Waals surface area contributed by atoms with Gasteiger partial charge >= 0.3 is 0 Å². The largest absolute Gasteiger partial charge is 0.480 e. The molecule has 1 unspecified atom stereocenters. The summed E-state index contributed by atoms with van der Waals surface area (Å²) in [7, 11) is 0. The van der Waals surface area contributed by atoms with Crippen LogP contribution >= 0.6 is 0 Å². The Morgan fingerprint density at radius 1 is 1.04 bits per heavy atom. The van der Waals surface area contributed by atoms with Crippen LogP contribution in [-0.4, -0.2) is 35.9 Å². The van der Waals surface area contributed by atoms with Crippen LogP contribution in [0.3, 0.4) is 0 Å². The van der Waals surface area contributed by atoms with Crippen molar-refractivity contribution < 1.29 is 14.3 Å². The lowest BCUT2D eigenvalue weighted by molar-refractivity contribution is -0.127. The number of carbonyl (C=O) groups excluding carboxylic acids is 2. The van der Waals surface area contributed by atoms with Crippen LogP contribution in [0.1, 0.15) is 40.7 Å². The Balaban J connectivity index is 1.35. The maximum absolute atomic E-state index is 12.6. The zero-order valence-electron chi connectivity index (χ0n) is 15.3. The van der Waals surface area contributed by atoms with Gasteiger partial charge in [-0.05, 0) is 48.6 Å². The minimum Gasteiger partial charge on any atom is -0.480 e. The summed E-state index contributed by atoms with van der Waals surface area (Å²) in [6, 6.07) is 15.3. The predicted octanol–water partition coefficient (Wildman–Crippen LogP) is 2.93. The Bertz CT molecular complexity index is 818. The van der Waals surface area contributed by atoms with Crippen LogP contribution in [0.15, 0.2) is 48.5 Å². The smallest absolute Gasteiger partial charge is 0.261 e. The lowest BCUT2D eigenvalue weighted by atomic mass is 10.1. The van der Waals surface area contributed by atoms with Crippen molar-refractivity contribution in [2.24, 2.45) is 0 Å². The van der Waals surface area contributed by atoms with Crippen molar-refractivity contribution in [2.75, 3.05) is 13.1 Å². The fourth-order valence-electron chi connectivity index (χ4n) is 3.73. The summed E-state index contributed by atoms with van der Waals surface area (Å²) in [6.07, 6.45) is 3.45. The van der Waals surface area contributed by atoms with E-state index in [1.54, 1.807) is 0 Å². The molecule has 1 N–H and O–H groups in total. The van der Waals surface area contributed by atoms with Gasteiger partial charge in [-0.2, -0.15) is 0 Å². The van der Waals surface area contributed by atoms with Gasteiger partial charge in [0, 0.05) is 31.6 Å². The number of carbonyl (C=O) groups is 2. The van der Waals surface area contributed by atoms with Crippen LogP contribution < -0.4 is 10.1 Å². The van der Waals surface area contributed by atoms with Crippen LogP contribution in [0.25, 0.3) is 0 Å². The first-order chi connectivity index (χ1) is 13.2. The van der Waals surface area contributed by atoms with Gasteiger partial charge in [-0.3, -0.25) is 9.59 Å². The molecule has 0 bridgehead atoms. The Kier molecular flexibility index (Phi) is 5.10. The number of ether oxygens (including phenoxy) is 1. The van der Waals surface area contributed by atoms with Crippen LogP contribution in [0.2, 0.25) is 0 Å². The number of amides is 2. The molecular weight excluding hydrogens is 340 g/mol. The van der Waals surface area contributed by atoms with Gasteiger partial charge in [0.25, 0.3) is 11.8 Å². The predicted molar refractivity (Wildman–Crippen MR) is 103 cm³/mol. The third-order valence-corrected chi connectivity index (χ3v) is 5.22. The molecule has 0 spiro atoms. The molecule has 2 aliphatic heterocycles. The highest BCUT2D eigenvalue weighted by Crippen LogP contribution is 2.28. The van der Waals surface area contributed by atoms with Crippen molar-refractivity contribution in [3.8, 4) is 5.75 Å². The van der Waals surface area contributed by atoms with Crippen LogP contribution in [-0.2, 0) is 17.8 Å². The number of hydrogen-bond acceptors (Lipinski definition) is 3. The van der Waals surface area contributed by atoms with E-state index in [0.29, 0.717) is 18.5 Å². The first-order valence-electron chi connectivity index (χ1n) is 9.61. The third kappa shape index (κ3) is 3.97. The summed E-state index contributed by atoms with van der Waals surface area (Å²) >= 11 is 0. The van der Waals surface area contributed by atoms with Gasteiger partial charge in [0.15, 0.2) is 6.10 Å². The minimum absolute atomic E-state index is 0.0810. The zero-order chi connectivity index (χ0) is 18.6. The average molecular weight is 364 g/mol. The summed E-state index contributed by atoms with van der Waals surface area (Å²) in [5.74, 6) is 0.739. The lowest BCUT2D eigenvalue weighted by Crippen LogP contribution is -2.37. The van der Waals surface area contributed by atoms with E-state index >= 15 is 0 Å². The maximum atomic E-state index is 12.6. The molecule has 4 rings (SSSR count). The average Bonchev–Trinajstić information content (AvgIpc) is 3.17. The molecular formula is C22H24N2O3. The molecule has 0 aliphatic carbocycles. The van der Waals surface area contributed by atoms with Crippen molar-refractivity contribution >= 4 is 11.8 Å². The fraction of sp³-hybridized carbons (Fsp3) is 0.364. The van der Waals surface area contributed by atoms with Crippen molar-refractivity contribution in [1.82, 2.24) is 10.2 Å². The molecule has 2 heterocycles. The molecule has 2 aromatic rings. The second kappa shape index (κ2) is 7.82. The van der Waals surface area contributed by atoms with E-state index in [1.165, 1.54) is 6.42 Å². The molecule has 2 aromatic carbocycles. The number of nitrogens with zero attached hydrogens (tertiary/aromatic N) is 1. The third-order valence-electron chi connectivity index (χ3n) is 5.22. The van der Waals surface area contributed by atoms with Crippen LogP contribution in [0, 0.1) is 0 Å². The Labute approximate surface area is 159 Å². The van der Waals surface area contributed by atoms with E-state index in [2.05, 4.69) is 5.32 Å². The zero-order valence-corrected chi connectivity index (χ0v) is 15.3. The molecule has 2 aliphatic rings. The standard InChI is InChI=1S/C22H24N2O3/c25-21(20-14-17-8-2-3-10-19(17)27-20)23-15-16-7-6-9-18(13-16)22(26)24-11-4-1-5-12-24/h2-3,6-10,13,20H,1,4-5,11-12,14-15H2,(H,23,25). The minimum atomic E-state index is -0.486. The topological polar surface area (TPSA) is 58.6 Å². The Hall–Kier alpha value is -2.82. The first-order valence-corrected chi connectivity index (χ1v) is 9.61. The molecule has 140 valence electrons.